The fraction of sp³-hybridized carbons (Fsp3) is 0.167. The first-order chi connectivity index (χ1) is 4.33. The quantitative estimate of drug-likeness (QED) is 0.712. The number of pyridine rings is 1. The summed E-state index contributed by atoms with van der Waals surface area (Å²) in [6.45, 7) is -0.00639. The second-order valence-corrected chi connectivity index (χ2v) is 2.11. The Morgan fingerprint density at radius 1 is 1.50 bits per heavy atom. The number of aliphatic hydroxyl groups is 1. The van der Waals surface area contributed by atoms with Gasteiger partial charge in [-0.05, 0) is 11.6 Å². The minimum atomic E-state index is -0.00639. The van der Waals surface area contributed by atoms with Gasteiger partial charge in [0.1, 0.15) is 0 Å². The number of hydrogen-bond donors (Lipinski definition) is 1. The van der Waals surface area contributed by atoms with Crippen LogP contribution in [-0.4, -0.2) is 10.1 Å². The molecule has 0 bridgehead atoms. The molecule has 1 aromatic heterocycles. The van der Waals surface area contributed by atoms with Crippen LogP contribution in [0.4, 0.5) is 0 Å². The normalized spacial score (nSPS) is 8.60. The Balaban J connectivity index is 0.000000810. The third kappa shape index (κ3) is 2.52. The van der Waals surface area contributed by atoms with Gasteiger partial charge in [0, 0.05) is 12.4 Å². The first-order valence-electron chi connectivity index (χ1n) is 2.53. The van der Waals surface area contributed by atoms with E-state index >= 15 is 0 Å². The molecule has 4 heteroatoms. The molecule has 1 heterocycles. The van der Waals surface area contributed by atoms with Gasteiger partial charge in [-0.25, -0.2) is 0 Å². The molecule has 0 aromatic carbocycles. The van der Waals surface area contributed by atoms with Crippen LogP contribution in [0, 0.1) is 0 Å². The molecule has 0 radical (unpaired) electrons. The Labute approximate surface area is 70.3 Å². The van der Waals surface area contributed by atoms with Crippen LogP contribution in [0.25, 0.3) is 0 Å². The van der Waals surface area contributed by atoms with E-state index in [1.165, 1.54) is 6.20 Å². The highest BCUT2D eigenvalue weighted by Gasteiger charge is 1.89. The molecule has 0 aliphatic rings. The van der Waals surface area contributed by atoms with Crippen molar-refractivity contribution in [2.75, 3.05) is 0 Å². The molecule has 1 rings (SSSR count). The summed E-state index contributed by atoms with van der Waals surface area (Å²) in [5.74, 6) is 0. The molecule has 0 amide bonds. The summed E-state index contributed by atoms with van der Waals surface area (Å²) in [4.78, 5) is 3.76. The average Bonchev–Trinajstić information content (AvgIpc) is 1.88. The topological polar surface area (TPSA) is 33.1 Å². The van der Waals surface area contributed by atoms with Gasteiger partial charge in [0.2, 0.25) is 0 Å². The van der Waals surface area contributed by atoms with Crippen molar-refractivity contribution in [2.24, 2.45) is 0 Å². The van der Waals surface area contributed by atoms with Gasteiger partial charge in [-0.2, -0.15) is 0 Å². The summed E-state index contributed by atoms with van der Waals surface area (Å²) in [6, 6.07) is 1.68. The lowest BCUT2D eigenvalue weighted by Crippen LogP contribution is -1.82. The SMILES string of the molecule is Cl.OCc1cncc(Cl)c1. The van der Waals surface area contributed by atoms with E-state index in [2.05, 4.69) is 4.98 Å². The van der Waals surface area contributed by atoms with Crippen LogP contribution >= 0.6 is 24.0 Å². The van der Waals surface area contributed by atoms with E-state index in [1.807, 2.05) is 0 Å². The Hall–Kier alpha value is -0.310. The van der Waals surface area contributed by atoms with Gasteiger partial charge in [0.15, 0.2) is 0 Å². The number of nitrogens with zero attached hydrogens (tertiary/aromatic N) is 1. The second-order valence-electron chi connectivity index (χ2n) is 1.67. The summed E-state index contributed by atoms with van der Waals surface area (Å²) >= 11 is 5.55. The Morgan fingerprint density at radius 2 is 2.20 bits per heavy atom. The van der Waals surface area contributed by atoms with Crippen LogP contribution in [0.3, 0.4) is 0 Å². The molecular weight excluding hydrogens is 173 g/mol. The lowest BCUT2D eigenvalue weighted by Gasteiger charge is -1.92. The summed E-state index contributed by atoms with van der Waals surface area (Å²) < 4.78 is 0. The fourth-order valence-electron chi connectivity index (χ4n) is 0.542. The standard InChI is InChI=1S/C6H6ClNO.ClH/c7-6-1-5(4-9)2-8-3-6;/h1-3,9H,4H2;1H. The lowest BCUT2D eigenvalue weighted by atomic mass is 10.3. The molecule has 2 nitrogen and oxygen atoms in total. The zero-order valence-electron chi connectivity index (χ0n) is 5.12. The first-order valence-corrected chi connectivity index (χ1v) is 2.91. The Kier molecular flexibility index (Phi) is 4.36. The summed E-state index contributed by atoms with van der Waals surface area (Å²) in [7, 11) is 0. The Morgan fingerprint density at radius 3 is 2.60 bits per heavy atom. The van der Waals surface area contributed by atoms with E-state index in [0.29, 0.717) is 5.02 Å². The van der Waals surface area contributed by atoms with Crippen LogP contribution in [-0.2, 0) is 6.61 Å². The van der Waals surface area contributed by atoms with Gasteiger partial charge in [-0.15, -0.1) is 12.4 Å². The highest BCUT2D eigenvalue weighted by Crippen LogP contribution is 2.07. The lowest BCUT2D eigenvalue weighted by molar-refractivity contribution is 0.281. The molecule has 0 aliphatic carbocycles. The third-order valence-electron chi connectivity index (χ3n) is 0.944. The third-order valence-corrected chi connectivity index (χ3v) is 1.15. The van der Waals surface area contributed by atoms with Gasteiger partial charge in [0.25, 0.3) is 0 Å². The molecule has 0 saturated heterocycles. The van der Waals surface area contributed by atoms with Crippen molar-refractivity contribution < 1.29 is 5.11 Å². The molecule has 10 heavy (non-hydrogen) atoms. The van der Waals surface area contributed by atoms with Crippen molar-refractivity contribution in [1.29, 1.82) is 0 Å². The van der Waals surface area contributed by atoms with Crippen molar-refractivity contribution in [3.8, 4) is 0 Å². The summed E-state index contributed by atoms with van der Waals surface area (Å²) in [5, 5.41) is 9.12. The summed E-state index contributed by atoms with van der Waals surface area (Å²) in [5.41, 5.74) is 0.738. The van der Waals surface area contributed by atoms with Gasteiger partial charge >= 0.3 is 0 Å². The van der Waals surface area contributed by atoms with Gasteiger partial charge in [-0.1, -0.05) is 11.6 Å². The molecule has 0 atom stereocenters. The number of aliphatic hydroxyl groups excluding tert-OH is 1. The van der Waals surface area contributed by atoms with E-state index in [1.54, 1.807) is 12.3 Å². The zero-order valence-corrected chi connectivity index (χ0v) is 6.69. The average molecular weight is 180 g/mol. The molecule has 0 saturated carbocycles. The monoisotopic (exact) mass is 179 g/mol. The van der Waals surface area contributed by atoms with Crippen molar-refractivity contribution in [3.05, 3.63) is 29.0 Å². The van der Waals surface area contributed by atoms with E-state index in [4.69, 9.17) is 16.7 Å². The minimum absolute atomic E-state index is 0. The molecule has 0 fully saturated rings. The molecule has 1 N–H and O–H groups in total. The van der Waals surface area contributed by atoms with Crippen molar-refractivity contribution in [3.63, 3.8) is 0 Å². The molecule has 56 valence electrons. The van der Waals surface area contributed by atoms with Crippen LogP contribution in [0.2, 0.25) is 5.02 Å². The van der Waals surface area contributed by atoms with E-state index in [0.717, 1.165) is 5.56 Å². The minimum Gasteiger partial charge on any atom is -0.392 e. The van der Waals surface area contributed by atoms with Crippen molar-refractivity contribution in [2.45, 2.75) is 6.61 Å². The predicted octanol–water partition coefficient (Wildman–Crippen LogP) is 1.65. The van der Waals surface area contributed by atoms with Gasteiger partial charge in [0.05, 0.1) is 11.6 Å². The number of aromatic nitrogens is 1. The Bertz CT molecular complexity index is 205. The van der Waals surface area contributed by atoms with Crippen LogP contribution in [0.1, 0.15) is 5.56 Å². The zero-order chi connectivity index (χ0) is 6.69. The maximum atomic E-state index is 8.56. The number of hydrogen-bond acceptors (Lipinski definition) is 2. The predicted molar refractivity (Wildman–Crippen MR) is 42.4 cm³/mol. The number of rotatable bonds is 1. The molecule has 0 aliphatic heterocycles. The molecule has 1 aromatic rings. The van der Waals surface area contributed by atoms with Gasteiger partial charge in [-0.3, -0.25) is 4.98 Å². The van der Waals surface area contributed by atoms with Gasteiger partial charge < -0.3 is 5.11 Å². The smallest absolute Gasteiger partial charge is 0.0697 e. The number of halogens is 2. The highest BCUT2D eigenvalue weighted by atomic mass is 35.5. The fourth-order valence-corrected chi connectivity index (χ4v) is 0.739. The molecular formula is C6H7Cl2NO. The highest BCUT2D eigenvalue weighted by molar-refractivity contribution is 6.30. The van der Waals surface area contributed by atoms with E-state index in [-0.39, 0.29) is 19.0 Å². The second kappa shape index (κ2) is 4.50. The van der Waals surface area contributed by atoms with Crippen LogP contribution in [0.5, 0.6) is 0 Å². The maximum Gasteiger partial charge on any atom is 0.0697 e. The summed E-state index contributed by atoms with van der Waals surface area (Å²) in [6.07, 6.45) is 3.10. The maximum absolute atomic E-state index is 8.56. The van der Waals surface area contributed by atoms with E-state index < -0.39 is 0 Å². The molecule has 0 unspecified atom stereocenters. The largest absolute Gasteiger partial charge is 0.392 e. The van der Waals surface area contributed by atoms with Crippen molar-refractivity contribution in [1.82, 2.24) is 4.98 Å². The van der Waals surface area contributed by atoms with Crippen LogP contribution < -0.4 is 0 Å². The first kappa shape index (κ1) is 9.69. The molecule has 0 spiro atoms. The van der Waals surface area contributed by atoms with Crippen LogP contribution in [0.15, 0.2) is 18.5 Å². The van der Waals surface area contributed by atoms with E-state index in [9.17, 15) is 0 Å². The van der Waals surface area contributed by atoms with Crippen molar-refractivity contribution >= 4 is 24.0 Å².